The van der Waals surface area contributed by atoms with E-state index in [1.807, 2.05) is 0 Å². The molecule has 0 aliphatic rings. The number of rotatable bonds is 4. The van der Waals surface area contributed by atoms with Gasteiger partial charge < -0.3 is 15.9 Å². The van der Waals surface area contributed by atoms with Gasteiger partial charge in [0.25, 0.3) is 0 Å². The monoisotopic (exact) mass is 297 g/mol. The molecule has 0 bridgehead atoms. The Bertz CT molecular complexity index is 725. The molecule has 0 fully saturated rings. The molecule has 0 atom stereocenters. The van der Waals surface area contributed by atoms with Crippen LogP contribution in [0.1, 0.15) is 11.1 Å². The van der Waals surface area contributed by atoms with Gasteiger partial charge in [0.05, 0.1) is 12.4 Å². The van der Waals surface area contributed by atoms with Crippen molar-refractivity contribution < 1.29 is 10.2 Å². The number of nitrogens with two attached hydrogens (primary N) is 1. The van der Waals surface area contributed by atoms with Crippen molar-refractivity contribution in [1.29, 1.82) is 0 Å². The number of hydrazone groups is 1. The van der Waals surface area contributed by atoms with Crippen LogP contribution in [0.15, 0.2) is 63.8 Å². The summed E-state index contributed by atoms with van der Waals surface area (Å²) in [6, 6.07) is 13.4. The summed E-state index contributed by atoms with van der Waals surface area (Å²) in [5.74, 6) is 0.185. The van der Waals surface area contributed by atoms with E-state index in [1.165, 1.54) is 12.4 Å². The van der Waals surface area contributed by atoms with E-state index in [-0.39, 0.29) is 17.5 Å². The topological polar surface area (TPSA) is 116 Å². The second-order valence-corrected chi connectivity index (χ2v) is 4.22. The Kier molecular flexibility index (Phi) is 5.09. The fourth-order valence-electron chi connectivity index (χ4n) is 1.54. The maximum atomic E-state index is 9.54. The second-order valence-electron chi connectivity index (χ2n) is 4.22. The first-order chi connectivity index (χ1) is 10.7. The fourth-order valence-corrected chi connectivity index (χ4v) is 1.54. The summed E-state index contributed by atoms with van der Waals surface area (Å²) in [6.07, 6.45) is 2.78. The molecule has 7 heteroatoms. The lowest BCUT2D eigenvalue weighted by Crippen LogP contribution is -2.26. The SMILES string of the molecule is NC(=N/N=C\c1ccccc1O)N/N=C\c1ccccc1O. The lowest BCUT2D eigenvalue weighted by Gasteiger charge is -1.98. The molecule has 2 aromatic rings. The molecule has 22 heavy (non-hydrogen) atoms. The minimum absolute atomic E-state index is 0.0293. The molecule has 112 valence electrons. The standard InChI is InChI=1S/C15H15N5O2/c16-15(19-17-9-11-5-1-3-7-13(11)21)20-18-10-12-6-2-4-8-14(12)22/h1-10,21-22H,(H3,16,19,20)/b17-9-,18-10-. The van der Waals surface area contributed by atoms with Gasteiger partial charge in [-0.05, 0) is 24.3 Å². The molecular formula is C15H15N5O2. The lowest BCUT2D eigenvalue weighted by molar-refractivity contribution is 0.474. The molecule has 0 amide bonds. The lowest BCUT2D eigenvalue weighted by atomic mass is 10.2. The van der Waals surface area contributed by atoms with E-state index < -0.39 is 0 Å². The van der Waals surface area contributed by atoms with Gasteiger partial charge in [-0.15, -0.1) is 5.10 Å². The van der Waals surface area contributed by atoms with Crippen molar-refractivity contribution in [3.05, 3.63) is 59.7 Å². The van der Waals surface area contributed by atoms with E-state index in [0.717, 1.165) is 0 Å². The number of para-hydroxylation sites is 2. The minimum Gasteiger partial charge on any atom is -0.507 e. The van der Waals surface area contributed by atoms with E-state index in [9.17, 15) is 10.2 Å². The summed E-state index contributed by atoms with van der Waals surface area (Å²) in [4.78, 5) is 0. The summed E-state index contributed by atoms with van der Waals surface area (Å²) < 4.78 is 0. The highest BCUT2D eigenvalue weighted by Gasteiger charge is 1.95. The molecule has 0 spiro atoms. The smallest absolute Gasteiger partial charge is 0.234 e. The van der Waals surface area contributed by atoms with Gasteiger partial charge >= 0.3 is 0 Å². The van der Waals surface area contributed by atoms with Gasteiger partial charge in [0.2, 0.25) is 5.96 Å². The van der Waals surface area contributed by atoms with E-state index in [2.05, 4.69) is 20.7 Å². The second kappa shape index (κ2) is 7.44. The van der Waals surface area contributed by atoms with Crippen LogP contribution >= 0.6 is 0 Å². The molecule has 0 saturated heterocycles. The molecule has 5 N–H and O–H groups in total. The molecule has 2 aromatic carbocycles. The van der Waals surface area contributed by atoms with Crippen LogP contribution < -0.4 is 11.2 Å². The molecule has 0 unspecified atom stereocenters. The molecule has 0 aromatic heterocycles. The number of benzene rings is 2. The van der Waals surface area contributed by atoms with Gasteiger partial charge in [0.15, 0.2) is 0 Å². The third kappa shape index (κ3) is 4.34. The Labute approximate surface area is 127 Å². The van der Waals surface area contributed by atoms with Crippen LogP contribution in [0.4, 0.5) is 0 Å². The Morgan fingerprint density at radius 1 is 0.909 bits per heavy atom. The Morgan fingerprint density at radius 2 is 1.45 bits per heavy atom. The normalized spacial score (nSPS) is 12.1. The first-order valence-electron chi connectivity index (χ1n) is 6.38. The Hall–Kier alpha value is -3.35. The Morgan fingerprint density at radius 3 is 2.05 bits per heavy atom. The van der Waals surface area contributed by atoms with Crippen molar-refractivity contribution in [2.45, 2.75) is 0 Å². The van der Waals surface area contributed by atoms with Crippen molar-refractivity contribution >= 4 is 18.4 Å². The third-order valence-electron chi connectivity index (χ3n) is 2.62. The van der Waals surface area contributed by atoms with Gasteiger partial charge in [0, 0.05) is 11.1 Å². The van der Waals surface area contributed by atoms with Crippen LogP contribution in [0, 0.1) is 0 Å². The Balaban J connectivity index is 1.93. The molecular weight excluding hydrogens is 282 g/mol. The van der Waals surface area contributed by atoms with Crippen LogP contribution in [0.25, 0.3) is 0 Å². The first-order valence-corrected chi connectivity index (χ1v) is 6.38. The number of guanidine groups is 1. The van der Waals surface area contributed by atoms with Crippen molar-refractivity contribution in [3.63, 3.8) is 0 Å². The van der Waals surface area contributed by atoms with E-state index in [1.54, 1.807) is 48.5 Å². The van der Waals surface area contributed by atoms with E-state index in [4.69, 9.17) is 5.73 Å². The predicted molar refractivity (Wildman–Crippen MR) is 86.2 cm³/mol. The quantitative estimate of drug-likeness (QED) is 0.387. The van der Waals surface area contributed by atoms with Crippen LogP contribution in [-0.2, 0) is 0 Å². The predicted octanol–water partition coefficient (Wildman–Crippen LogP) is 1.37. The zero-order valence-corrected chi connectivity index (χ0v) is 11.6. The van der Waals surface area contributed by atoms with Crippen LogP contribution in [0.5, 0.6) is 11.5 Å². The number of hydrogen-bond acceptors (Lipinski definition) is 5. The fraction of sp³-hybridized carbons (Fsp3) is 0. The zero-order valence-electron chi connectivity index (χ0n) is 11.6. The van der Waals surface area contributed by atoms with E-state index >= 15 is 0 Å². The molecule has 7 nitrogen and oxygen atoms in total. The molecule has 0 aliphatic carbocycles. The number of hydrogen-bond donors (Lipinski definition) is 4. The summed E-state index contributed by atoms with van der Waals surface area (Å²) in [7, 11) is 0. The molecule has 0 radical (unpaired) electrons. The van der Waals surface area contributed by atoms with Gasteiger partial charge in [-0.2, -0.15) is 10.2 Å². The number of nitrogens with one attached hydrogen (secondary N) is 1. The minimum atomic E-state index is -0.0293. The molecule has 2 rings (SSSR count). The first kappa shape index (κ1) is 15.0. The highest BCUT2D eigenvalue weighted by molar-refractivity contribution is 5.86. The number of aromatic hydroxyl groups is 2. The summed E-state index contributed by atoms with van der Waals surface area (Å²) in [5.41, 5.74) is 9.10. The van der Waals surface area contributed by atoms with Gasteiger partial charge in [-0.1, -0.05) is 24.3 Å². The van der Waals surface area contributed by atoms with Crippen molar-refractivity contribution in [2.24, 2.45) is 21.0 Å². The highest BCUT2D eigenvalue weighted by Crippen LogP contribution is 2.13. The largest absolute Gasteiger partial charge is 0.507 e. The average Bonchev–Trinajstić information content (AvgIpc) is 2.51. The zero-order chi connectivity index (χ0) is 15.8. The molecule has 0 heterocycles. The van der Waals surface area contributed by atoms with Crippen LogP contribution in [-0.4, -0.2) is 28.6 Å². The summed E-state index contributed by atoms with van der Waals surface area (Å²) in [6.45, 7) is 0. The molecule has 0 saturated carbocycles. The highest BCUT2D eigenvalue weighted by atomic mass is 16.3. The average molecular weight is 297 g/mol. The number of nitrogens with zero attached hydrogens (tertiary/aromatic N) is 3. The van der Waals surface area contributed by atoms with Crippen molar-refractivity contribution in [2.75, 3.05) is 0 Å². The van der Waals surface area contributed by atoms with Gasteiger partial charge in [0.1, 0.15) is 11.5 Å². The summed E-state index contributed by atoms with van der Waals surface area (Å²) >= 11 is 0. The molecule has 0 aliphatic heterocycles. The van der Waals surface area contributed by atoms with Crippen LogP contribution in [0.3, 0.4) is 0 Å². The number of phenolic OH excluding ortho intramolecular Hbond substituents is 2. The van der Waals surface area contributed by atoms with Gasteiger partial charge in [-0.3, -0.25) is 0 Å². The maximum Gasteiger partial charge on any atom is 0.234 e. The van der Waals surface area contributed by atoms with E-state index in [0.29, 0.717) is 11.1 Å². The number of phenols is 2. The van der Waals surface area contributed by atoms with Crippen molar-refractivity contribution in [3.8, 4) is 11.5 Å². The maximum absolute atomic E-state index is 9.54. The third-order valence-corrected chi connectivity index (χ3v) is 2.62. The van der Waals surface area contributed by atoms with Crippen molar-refractivity contribution in [1.82, 2.24) is 5.43 Å². The summed E-state index contributed by atoms with van der Waals surface area (Å²) in [5, 5.41) is 30.3. The van der Waals surface area contributed by atoms with Crippen LogP contribution in [0.2, 0.25) is 0 Å². The van der Waals surface area contributed by atoms with Gasteiger partial charge in [-0.25, -0.2) is 5.43 Å².